The second-order valence-electron chi connectivity index (χ2n) is 3.55. The highest BCUT2D eigenvalue weighted by Gasteiger charge is 2.21. The van der Waals surface area contributed by atoms with Crippen molar-refractivity contribution < 1.29 is 19.2 Å². The number of benzene rings is 1. The highest BCUT2D eigenvalue weighted by molar-refractivity contribution is 5.96. The molecular formula is C11H13N3O5. The molecule has 0 heterocycles. The number of hydrogen-bond donors (Lipinski definition) is 2. The lowest BCUT2D eigenvalue weighted by molar-refractivity contribution is -0.386. The van der Waals surface area contributed by atoms with Gasteiger partial charge in [-0.2, -0.15) is 0 Å². The number of rotatable bonds is 4. The molecule has 0 fully saturated rings. The van der Waals surface area contributed by atoms with Crippen molar-refractivity contribution in [2.24, 2.45) is 0 Å². The molecule has 0 unspecified atom stereocenters. The van der Waals surface area contributed by atoms with Gasteiger partial charge in [0.1, 0.15) is 0 Å². The molecule has 2 N–H and O–H groups in total. The van der Waals surface area contributed by atoms with Crippen LogP contribution in [0.1, 0.15) is 6.92 Å². The molecule has 0 aromatic heterocycles. The highest BCUT2D eigenvalue weighted by atomic mass is 16.6. The van der Waals surface area contributed by atoms with Gasteiger partial charge in [-0.15, -0.1) is 0 Å². The fourth-order valence-electron chi connectivity index (χ4n) is 1.23. The molecule has 0 bridgehead atoms. The van der Waals surface area contributed by atoms with Crippen LogP contribution >= 0.6 is 0 Å². The summed E-state index contributed by atoms with van der Waals surface area (Å²) in [5.41, 5.74) is -0.248. The van der Waals surface area contributed by atoms with Gasteiger partial charge in [0.05, 0.1) is 4.92 Å². The number of ether oxygens (including phenoxy) is 1. The maximum absolute atomic E-state index is 11.5. The molecule has 102 valence electrons. The minimum atomic E-state index is -1.04. The minimum Gasteiger partial charge on any atom is -0.474 e. The van der Waals surface area contributed by atoms with Crippen molar-refractivity contribution in [2.75, 3.05) is 7.05 Å². The average molecular weight is 267 g/mol. The third-order valence-corrected chi connectivity index (χ3v) is 2.20. The molecule has 0 saturated heterocycles. The summed E-state index contributed by atoms with van der Waals surface area (Å²) in [4.78, 5) is 32.6. The number of urea groups is 1. The zero-order valence-electron chi connectivity index (χ0n) is 10.4. The number of hydrogen-bond acceptors (Lipinski definition) is 5. The number of amides is 3. The van der Waals surface area contributed by atoms with Gasteiger partial charge in [0, 0.05) is 13.1 Å². The van der Waals surface area contributed by atoms with Crippen molar-refractivity contribution in [3.63, 3.8) is 0 Å². The first-order valence-electron chi connectivity index (χ1n) is 5.38. The zero-order valence-corrected chi connectivity index (χ0v) is 10.4. The SMILES string of the molecule is CNC(=O)NC(=O)[C@@H](C)Oc1ccccc1[N+](=O)[O-]. The van der Waals surface area contributed by atoms with Crippen LogP contribution in [-0.2, 0) is 4.79 Å². The van der Waals surface area contributed by atoms with Gasteiger partial charge in [-0.3, -0.25) is 20.2 Å². The van der Waals surface area contributed by atoms with E-state index in [0.29, 0.717) is 0 Å². The summed E-state index contributed by atoms with van der Waals surface area (Å²) >= 11 is 0. The molecule has 19 heavy (non-hydrogen) atoms. The molecule has 1 atom stereocenters. The van der Waals surface area contributed by atoms with E-state index in [1.807, 2.05) is 5.32 Å². The molecule has 0 radical (unpaired) electrons. The zero-order chi connectivity index (χ0) is 14.4. The topological polar surface area (TPSA) is 111 Å². The molecule has 8 heteroatoms. The molecular weight excluding hydrogens is 254 g/mol. The molecule has 0 aliphatic carbocycles. The largest absolute Gasteiger partial charge is 0.474 e. The van der Waals surface area contributed by atoms with Crippen LogP contribution in [0, 0.1) is 10.1 Å². The van der Waals surface area contributed by atoms with Crippen molar-refractivity contribution in [3.05, 3.63) is 34.4 Å². The number of carbonyl (C=O) groups is 2. The van der Waals surface area contributed by atoms with Gasteiger partial charge in [0.2, 0.25) is 0 Å². The van der Waals surface area contributed by atoms with Gasteiger partial charge in [-0.05, 0) is 13.0 Å². The fourth-order valence-corrected chi connectivity index (χ4v) is 1.23. The Hall–Kier alpha value is -2.64. The third kappa shape index (κ3) is 3.95. The van der Waals surface area contributed by atoms with Crippen LogP contribution in [0.25, 0.3) is 0 Å². The van der Waals surface area contributed by atoms with Crippen LogP contribution in [0.15, 0.2) is 24.3 Å². The standard InChI is InChI=1S/C11H13N3O5/c1-7(10(15)13-11(16)12-2)19-9-6-4-3-5-8(9)14(17)18/h3-7H,1-2H3,(H2,12,13,15,16)/t7-/m1/s1. The lowest BCUT2D eigenvalue weighted by atomic mass is 10.3. The van der Waals surface area contributed by atoms with Crippen molar-refractivity contribution in [1.29, 1.82) is 0 Å². The predicted molar refractivity (Wildman–Crippen MR) is 65.8 cm³/mol. The van der Waals surface area contributed by atoms with E-state index in [4.69, 9.17) is 4.74 Å². The van der Waals surface area contributed by atoms with E-state index in [9.17, 15) is 19.7 Å². The maximum atomic E-state index is 11.5. The average Bonchev–Trinajstić information content (AvgIpc) is 2.38. The van der Waals surface area contributed by atoms with Gasteiger partial charge in [-0.1, -0.05) is 12.1 Å². The van der Waals surface area contributed by atoms with E-state index >= 15 is 0 Å². The van der Waals surface area contributed by atoms with Crippen molar-refractivity contribution in [1.82, 2.24) is 10.6 Å². The monoisotopic (exact) mass is 267 g/mol. The van der Waals surface area contributed by atoms with Crippen LogP contribution < -0.4 is 15.4 Å². The Morgan fingerprint density at radius 2 is 2.00 bits per heavy atom. The Balaban J connectivity index is 2.77. The summed E-state index contributed by atoms with van der Waals surface area (Å²) in [7, 11) is 1.36. The van der Waals surface area contributed by atoms with Gasteiger partial charge in [0.25, 0.3) is 5.91 Å². The van der Waals surface area contributed by atoms with E-state index in [0.717, 1.165) is 0 Å². The Morgan fingerprint density at radius 3 is 2.58 bits per heavy atom. The molecule has 0 spiro atoms. The van der Waals surface area contributed by atoms with E-state index < -0.39 is 23.0 Å². The Morgan fingerprint density at radius 1 is 1.37 bits per heavy atom. The first-order chi connectivity index (χ1) is 8.95. The van der Waals surface area contributed by atoms with Crippen LogP contribution in [0.2, 0.25) is 0 Å². The van der Waals surface area contributed by atoms with Crippen LogP contribution in [0.4, 0.5) is 10.5 Å². The van der Waals surface area contributed by atoms with Crippen LogP contribution in [0.5, 0.6) is 5.75 Å². The van der Waals surface area contributed by atoms with Gasteiger partial charge in [-0.25, -0.2) is 4.79 Å². The van der Waals surface area contributed by atoms with E-state index in [1.54, 1.807) is 6.07 Å². The number of para-hydroxylation sites is 2. The third-order valence-electron chi connectivity index (χ3n) is 2.20. The normalized spacial score (nSPS) is 11.3. The first kappa shape index (κ1) is 14.4. The Kier molecular flexibility index (Phi) is 4.81. The number of nitrogens with one attached hydrogen (secondary N) is 2. The minimum absolute atomic E-state index is 0.0351. The molecule has 8 nitrogen and oxygen atoms in total. The maximum Gasteiger partial charge on any atom is 0.321 e. The number of nitrogens with zero attached hydrogens (tertiary/aromatic N) is 1. The van der Waals surface area contributed by atoms with Crippen molar-refractivity contribution in [3.8, 4) is 5.75 Å². The van der Waals surface area contributed by atoms with E-state index in [-0.39, 0.29) is 11.4 Å². The van der Waals surface area contributed by atoms with Crippen molar-refractivity contribution >= 4 is 17.6 Å². The highest BCUT2D eigenvalue weighted by Crippen LogP contribution is 2.26. The summed E-state index contributed by atoms with van der Waals surface area (Å²) in [6, 6.07) is 5.00. The number of nitro benzene ring substituents is 1. The summed E-state index contributed by atoms with van der Waals surface area (Å²) in [6.07, 6.45) is -1.04. The summed E-state index contributed by atoms with van der Waals surface area (Å²) in [6.45, 7) is 1.38. The van der Waals surface area contributed by atoms with Gasteiger partial charge in [0.15, 0.2) is 11.9 Å². The Labute approximate surface area is 108 Å². The quantitative estimate of drug-likeness (QED) is 0.619. The smallest absolute Gasteiger partial charge is 0.321 e. The molecule has 0 saturated carbocycles. The van der Waals surface area contributed by atoms with Crippen LogP contribution in [-0.4, -0.2) is 30.0 Å². The van der Waals surface area contributed by atoms with Gasteiger partial charge < -0.3 is 10.1 Å². The number of carbonyl (C=O) groups excluding carboxylic acids is 2. The van der Waals surface area contributed by atoms with Crippen LogP contribution in [0.3, 0.4) is 0 Å². The Bertz CT molecular complexity index is 503. The van der Waals surface area contributed by atoms with Gasteiger partial charge >= 0.3 is 11.7 Å². The van der Waals surface area contributed by atoms with E-state index in [1.165, 1.54) is 32.2 Å². The summed E-state index contributed by atoms with van der Waals surface area (Å²) < 4.78 is 5.18. The number of imide groups is 1. The molecule has 0 aliphatic rings. The second-order valence-corrected chi connectivity index (χ2v) is 3.55. The fraction of sp³-hybridized carbons (Fsp3) is 0.273. The molecule has 1 aromatic carbocycles. The van der Waals surface area contributed by atoms with Crippen molar-refractivity contribution in [2.45, 2.75) is 13.0 Å². The summed E-state index contributed by atoms with van der Waals surface area (Å²) in [5, 5.41) is 15.0. The first-order valence-corrected chi connectivity index (χ1v) is 5.38. The summed E-state index contributed by atoms with van der Waals surface area (Å²) in [5.74, 6) is -0.732. The number of nitro groups is 1. The molecule has 3 amide bonds. The lowest BCUT2D eigenvalue weighted by Crippen LogP contribution is -2.44. The molecule has 0 aliphatic heterocycles. The molecule has 1 rings (SSSR count). The molecule has 1 aromatic rings. The predicted octanol–water partition coefficient (Wildman–Crippen LogP) is 0.818. The lowest BCUT2D eigenvalue weighted by Gasteiger charge is -2.13. The second kappa shape index (κ2) is 6.34. The van der Waals surface area contributed by atoms with E-state index in [2.05, 4.69) is 5.32 Å².